The molecule has 1 amide bonds. The van der Waals surface area contributed by atoms with Crippen molar-refractivity contribution in [3.8, 4) is 0 Å². The van der Waals surface area contributed by atoms with E-state index in [4.69, 9.17) is 15.2 Å². The van der Waals surface area contributed by atoms with Gasteiger partial charge in [0.2, 0.25) is 5.91 Å². The van der Waals surface area contributed by atoms with Gasteiger partial charge in [0.25, 0.3) is 0 Å². The Labute approximate surface area is 299 Å². The summed E-state index contributed by atoms with van der Waals surface area (Å²) in [6, 6.07) is 24.1. The molecule has 268 valence electrons. The van der Waals surface area contributed by atoms with Gasteiger partial charge in [-0.05, 0) is 35.2 Å². The van der Waals surface area contributed by atoms with Gasteiger partial charge in [-0.1, -0.05) is 152 Å². The fraction of sp³-hybridized carbons (Fsp3) is 0.548. The molecule has 7 heteroatoms. The van der Waals surface area contributed by atoms with Crippen LogP contribution in [0.15, 0.2) is 77.7 Å². The Hall–Kier alpha value is -2.84. The van der Waals surface area contributed by atoms with Crippen molar-refractivity contribution >= 4 is 23.4 Å². The molecule has 4 atom stereocenters. The van der Waals surface area contributed by atoms with Gasteiger partial charge in [-0.15, -0.1) is 11.8 Å². The predicted octanol–water partition coefficient (Wildman–Crippen LogP) is 10.4. The van der Waals surface area contributed by atoms with E-state index in [1.165, 1.54) is 70.6 Å². The maximum atomic E-state index is 12.5. The summed E-state index contributed by atoms with van der Waals surface area (Å²) >= 11 is 1.71. The molecule has 1 aliphatic heterocycles. The number of thioether (sulfide) groups is 1. The molecule has 0 aliphatic carbocycles. The van der Waals surface area contributed by atoms with Crippen molar-refractivity contribution in [2.45, 2.75) is 140 Å². The molecule has 0 spiro atoms. The zero-order valence-corrected chi connectivity index (χ0v) is 30.7. The number of unbranched alkanes of at least 4 members (excludes halogenated alkanes) is 12. The second-order valence-corrected chi connectivity index (χ2v) is 14.7. The van der Waals surface area contributed by atoms with Crippen molar-refractivity contribution < 1.29 is 19.4 Å². The summed E-state index contributed by atoms with van der Waals surface area (Å²) in [6.07, 6.45) is 16.8. The van der Waals surface area contributed by atoms with Gasteiger partial charge in [0.15, 0.2) is 6.29 Å². The Morgan fingerprint density at radius 3 is 1.94 bits per heavy atom. The molecule has 4 rings (SSSR count). The fourth-order valence-corrected chi connectivity index (χ4v) is 7.61. The second kappa shape index (κ2) is 22.1. The number of hydrogen-bond donors (Lipinski definition) is 3. The quantitative estimate of drug-likeness (QED) is 0.0553. The van der Waals surface area contributed by atoms with Crippen LogP contribution in [0.2, 0.25) is 0 Å². The summed E-state index contributed by atoms with van der Waals surface area (Å²) in [4.78, 5) is 13.6. The van der Waals surface area contributed by atoms with Crippen LogP contribution in [-0.4, -0.2) is 22.9 Å². The van der Waals surface area contributed by atoms with E-state index < -0.39 is 6.29 Å². The van der Waals surface area contributed by atoms with Gasteiger partial charge in [-0.25, -0.2) is 0 Å². The summed E-state index contributed by atoms with van der Waals surface area (Å²) in [5, 5.41) is 12.6. The zero-order valence-electron chi connectivity index (χ0n) is 29.9. The van der Waals surface area contributed by atoms with Gasteiger partial charge in [-0.3, -0.25) is 4.79 Å². The highest BCUT2D eigenvalue weighted by molar-refractivity contribution is 7.99. The second-order valence-electron chi connectivity index (χ2n) is 13.7. The van der Waals surface area contributed by atoms with Crippen molar-refractivity contribution in [1.29, 1.82) is 0 Å². The van der Waals surface area contributed by atoms with Gasteiger partial charge >= 0.3 is 0 Å². The average molecular weight is 689 g/mol. The third-order valence-electron chi connectivity index (χ3n) is 9.69. The number of rotatable bonds is 22. The van der Waals surface area contributed by atoms with E-state index in [0.717, 1.165) is 51.4 Å². The van der Waals surface area contributed by atoms with Crippen molar-refractivity contribution in [3.05, 3.63) is 95.1 Å². The van der Waals surface area contributed by atoms with E-state index in [-0.39, 0.29) is 30.6 Å². The highest BCUT2D eigenvalue weighted by Gasteiger charge is 2.38. The first-order valence-corrected chi connectivity index (χ1v) is 19.8. The molecule has 49 heavy (non-hydrogen) atoms. The minimum absolute atomic E-state index is 0.0110. The molecule has 4 N–H and O–H groups in total. The van der Waals surface area contributed by atoms with Crippen molar-refractivity contribution in [2.75, 3.05) is 11.5 Å². The van der Waals surface area contributed by atoms with Crippen LogP contribution in [0, 0.1) is 5.92 Å². The molecule has 1 aliphatic rings. The molecule has 3 aromatic carbocycles. The third kappa shape index (κ3) is 13.4. The van der Waals surface area contributed by atoms with E-state index in [0.29, 0.717) is 13.0 Å². The van der Waals surface area contributed by atoms with Crippen LogP contribution in [0.3, 0.4) is 0 Å². The fourth-order valence-electron chi connectivity index (χ4n) is 6.48. The number of aliphatic hydroxyl groups is 1. The average Bonchev–Trinajstić information content (AvgIpc) is 3.13. The molecule has 4 unspecified atom stereocenters. The topological polar surface area (TPSA) is 93.8 Å². The van der Waals surface area contributed by atoms with Crippen LogP contribution in [0.1, 0.15) is 138 Å². The minimum Gasteiger partial charge on any atom is -0.398 e. The Balaban J connectivity index is 1.21. The Bertz CT molecular complexity index is 1350. The molecule has 0 bridgehead atoms. The van der Waals surface area contributed by atoms with Gasteiger partial charge in [0.05, 0.1) is 18.8 Å². The number of amides is 1. The first-order chi connectivity index (χ1) is 24.0. The van der Waals surface area contributed by atoms with Crippen molar-refractivity contribution in [1.82, 2.24) is 5.32 Å². The van der Waals surface area contributed by atoms with Gasteiger partial charge in [0.1, 0.15) is 0 Å². The van der Waals surface area contributed by atoms with Gasteiger partial charge in [-0.2, -0.15) is 0 Å². The number of nitrogen functional groups attached to an aromatic ring is 1. The molecule has 1 fully saturated rings. The minimum atomic E-state index is -0.531. The number of carbonyl (C=O) groups is 1. The number of aliphatic hydroxyl groups excluding tert-OH is 1. The van der Waals surface area contributed by atoms with E-state index in [2.05, 4.69) is 19.2 Å². The normalized spacial score (nSPS) is 19.2. The van der Waals surface area contributed by atoms with E-state index in [1.54, 1.807) is 11.8 Å². The number of carbonyl (C=O) groups excluding carboxylic acids is 1. The summed E-state index contributed by atoms with van der Waals surface area (Å²) < 4.78 is 13.2. The predicted molar refractivity (Wildman–Crippen MR) is 203 cm³/mol. The first-order valence-electron chi connectivity index (χ1n) is 18.8. The Morgan fingerprint density at radius 1 is 0.755 bits per heavy atom. The lowest BCUT2D eigenvalue weighted by Crippen LogP contribution is -2.38. The monoisotopic (exact) mass is 688 g/mol. The Morgan fingerprint density at radius 2 is 1.33 bits per heavy atom. The molecule has 0 aromatic heterocycles. The lowest BCUT2D eigenvalue weighted by Gasteiger charge is -2.41. The number of nitrogens with two attached hydrogens (primary N) is 1. The third-order valence-corrected chi connectivity index (χ3v) is 10.9. The Kier molecular flexibility index (Phi) is 17.6. The molecule has 0 saturated carbocycles. The number of para-hydroxylation sites is 1. The van der Waals surface area contributed by atoms with Crippen LogP contribution in [0.5, 0.6) is 0 Å². The highest BCUT2D eigenvalue weighted by Crippen LogP contribution is 2.43. The van der Waals surface area contributed by atoms with Crippen LogP contribution in [0.4, 0.5) is 5.69 Å². The molecule has 3 aromatic rings. The van der Waals surface area contributed by atoms with Gasteiger partial charge < -0.3 is 25.6 Å². The number of nitrogens with one attached hydrogen (secondary N) is 1. The van der Waals surface area contributed by atoms with Gasteiger partial charge in [0, 0.05) is 40.8 Å². The molecular formula is C42H60N2O4S. The smallest absolute Gasteiger partial charge is 0.220 e. The zero-order chi connectivity index (χ0) is 34.7. The van der Waals surface area contributed by atoms with E-state index >= 15 is 0 Å². The van der Waals surface area contributed by atoms with Crippen LogP contribution in [0.25, 0.3) is 0 Å². The number of anilines is 1. The summed E-state index contributed by atoms with van der Waals surface area (Å²) in [7, 11) is 0. The first kappa shape index (κ1) is 39.0. The summed E-state index contributed by atoms with van der Waals surface area (Å²) in [5.41, 5.74) is 10.9. The summed E-state index contributed by atoms with van der Waals surface area (Å²) in [6.45, 7) is 4.97. The van der Waals surface area contributed by atoms with E-state index in [9.17, 15) is 9.90 Å². The van der Waals surface area contributed by atoms with E-state index in [1.807, 2.05) is 72.8 Å². The number of hydrogen-bond acceptors (Lipinski definition) is 6. The number of ether oxygens (including phenoxy) is 2. The maximum absolute atomic E-state index is 12.5. The van der Waals surface area contributed by atoms with Crippen LogP contribution >= 0.6 is 11.8 Å². The summed E-state index contributed by atoms with van der Waals surface area (Å²) in [5.74, 6) is 0.955. The SMILES string of the molecule is CCCCCCCCCCCCCCCC(=O)NCc1ccc(C2OC(CSc3ccccc3N)C(C)C(c3ccc(CO)cc3)O2)cc1. The van der Waals surface area contributed by atoms with Crippen molar-refractivity contribution in [3.63, 3.8) is 0 Å². The highest BCUT2D eigenvalue weighted by atomic mass is 32.2. The lowest BCUT2D eigenvalue weighted by atomic mass is 9.91. The standard InChI is InChI=1S/C42H60N2O4S/c1-3-4-5-6-7-8-9-10-11-12-13-14-15-20-40(46)44-29-33-21-27-36(28-22-33)42-47-38(31-49-39-19-17-16-18-37(39)43)32(2)41(48-42)35-25-23-34(30-45)24-26-35/h16-19,21-28,32,38,41-42,45H,3-15,20,29-31,43H2,1-2H3,(H,44,46). The maximum Gasteiger partial charge on any atom is 0.220 e. The van der Waals surface area contributed by atoms with Crippen LogP contribution < -0.4 is 11.1 Å². The molecule has 0 radical (unpaired) electrons. The molecule has 1 heterocycles. The molecule has 6 nitrogen and oxygen atoms in total. The van der Waals surface area contributed by atoms with Crippen molar-refractivity contribution in [2.24, 2.45) is 5.92 Å². The number of benzene rings is 3. The lowest BCUT2D eigenvalue weighted by molar-refractivity contribution is -0.268. The van der Waals surface area contributed by atoms with Crippen LogP contribution in [-0.2, 0) is 27.4 Å². The largest absolute Gasteiger partial charge is 0.398 e. The molecular weight excluding hydrogens is 629 g/mol. The molecule has 1 saturated heterocycles.